The molecular weight excluding hydrogens is 461 g/mol. The number of nitrogens with zero attached hydrogens (tertiary/aromatic N) is 3. The summed E-state index contributed by atoms with van der Waals surface area (Å²) in [5.74, 6) is 6.01. The van der Waals surface area contributed by atoms with Crippen LogP contribution in [0.5, 0.6) is 0 Å². The molecule has 0 radical (unpaired) electrons. The van der Waals surface area contributed by atoms with E-state index in [0.29, 0.717) is 27.3 Å². The highest BCUT2D eigenvalue weighted by molar-refractivity contribution is 8.00. The maximum atomic E-state index is 14.0. The summed E-state index contributed by atoms with van der Waals surface area (Å²) in [5, 5.41) is 11.4. The van der Waals surface area contributed by atoms with Crippen LogP contribution in [0, 0.1) is 12.7 Å². The molecule has 0 spiro atoms. The zero-order valence-corrected chi connectivity index (χ0v) is 19.3. The molecule has 33 heavy (non-hydrogen) atoms. The normalized spacial score (nSPS) is 11.8. The lowest BCUT2D eigenvalue weighted by molar-refractivity contribution is -0.115. The number of nitrogen functional groups attached to an aromatic ring is 1. The molecule has 3 N–H and O–H groups in total. The minimum absolute atomic E-state index is 0.181. The van der Waals surface area contributed by atoms with E-state index in [2.05, 4.69) is 15.5 Å². The molecule has 4 aromatic rings. The van der Waals surface area contributed by atoms with Crippen LogP contribution in [-0.4, -0.2) is 20.8 Å². The first-order chi connectivity index (χ1) is 15.9. The van der Waals surface area contributed by atoms with Crippen molar-refractivity contribution in [3.05, 3.63) is 106 Å². The standard InChI is InChI=1S/C24H21ClFN5OS/c1-15-11-12-18(14-19(15)25)28-23(32)22(16-7-3-2-4-8-16)33-24-30-29-21(31(24)27)13-17-9-5-6-10-20(17)26/h2-12,14,22H,13,27H2,1H3,(H,28,32). The SMILES string of the molecule is Cc1ccc(NC(=O)C(Sc2nnc(Cc3ccccc3F)n2N)c2ccccc2)cc1Cl. The van der Waals surface area contributed by atoms with Gasteiger partial charge in [0.2, 0.25) is 11.1 Å². The van der Waals surface area contributed by atoms with E-state index in [1.807, 2.05) is 43.3 Å². The van der Waals surface area contributed by atoms with Gasteiger partial charge in [-0.3, -0.25) is 4.79 Å². The zero-order chi connectivity index (χ0) is 23.4. The molecule has 168 valence electrons. The molecule has 1 heterocycles. The van der Waals surface area contributed by atoms with E-state index in [0.717, 1.165) is 22.9 Å². The smallest absolute Gasteiger partial charge is 0.242 e. The molecule has 0 saturated heterocycles. The molecule has 9 heteroatoms. The summed E-state index contributed by atoms with van der Waals surface area (Å²) in [6, 6.07) is 21.1. The lowest BCUT2D eigenvalue weighted by Gasteiger charge is -2.17. The van der Waals surface area contributed by atoms with Crippen molar-refractivity contribution in [2.24, 2.45) is 0 Å². The Morgan fingerprint density at radius 1 is 1.12 bits per heavy atom. The highest BCUT2D eigenvalue weighted by Gasteiger charge is 2.26. The second-order valence-corrected chi connectivity index (χ2v) is 8.88. The van der Waals surface area contributed by atoms with Crippen LogP contribution in [0.2, 0.25) is 5.02 Å². The third kappa shape index (κ3) is 5.35. The van der Waals surface area contributed by atoms with Crippen molar-refractivity contribution in [3.8, 4) is 0 Å². The highest BCUT2D eigenvalue weighted by atomic mass is 35.5. The number of hydrogen-bond donors (Lipinski definition) is 2. The number of hydrogen-bond acceptors (Lipinski definition) is 5. The number of carbonyl (C=O) groups excluding carboxylic acids is 1. The van der Waals surface area contributed by atoms with Gasteiger partial charge in [-0.25, -0.2) is 9.07 Å². The summed E-state index contributed by atoms with van der Waals surface area (Å²) in [6.45, 7) is 1.89. The van der Waals surface area contributed by atoms with E-state index in [9.17, 15) is 9.18 Å². The first-order valence-corrected chi connectivity index (χ1v) is 11.4. The molecule has 0 saturated carbocycles. The Morgan fingerprint density at radius 3 is 2.58 bits per heavy atom. The van der Waals surface area contributed by atoms with Gasteiger partial charge in [-0.1, -0.05) is 78.0 Å². The van der Waals surface area contributed by atoms with Gasteiger partial charge in [0, 0.05) is 17.1 Å². The van der Waals surface area contributed by atoms with Gasteiger partial charge in [-0.2, -0.15) is 0 Å². The summed E-state index contributed by atoms with van der Waals surface area (Å²) in [6.07, 6.45) is 0.181. The first kappa shape index (κ1) is 22.8. The summed E-state index contributed by atoms with van der Waals surface area (Å²) >= 11 is 7.37. The largest absolute Gasteiger partial charge is 0.336 e. The van der Waals surface area contributed by atoms with Gasteiger partial charge in [0.25, 0.3) is 0 Å². The molecule has 1 aromatic heterocycles. The van der Waals surface area contributed by atoms with Gasteiger partial charge in [-0.05, 0) is 41.8 Å². The lowest BCUT2D eigenvalue weighted by atomic mass is 10.1. The van der Waals surface area contributed by atoms with Crippen molar-refractivity contribution >= 4 is 35.0 Å². The van der Waals surface area contributed by atoms with Crippen molar-refractivity contribution in [2.75, 3.05) is 11.2 Å². The Hall–Kier alpha value is -3.36. The average molecular weight is 482 g/mol. The number of aromatic nitrogens is 3. The maximum absolute atomic E-state index is 14.0. The van der Waals surface area contributed by atoms with E-state index < -0.39 is 5.25 Å². The maximum Gasteiger partial charge on any atom is 0.242 e. The Bertz CT molecular complexity index is 1280. The van der Waals surface area contributed by atoms with E-state index in [-0.39, 0.29) is 18.1 Å². The van der Waals surface area contributed by atoms with Crippen LogP contribution >= 0.6 is 23.4 Å². The van der Waals surface area contributed by atoms with Gasteiger partial charge in [-0.15, -0.1) is 10.2 Å². The van der Waals surface area contributed by atoms with Gasteiger partial charge in [0.15, 0.2) is 5.82 Å². The number of anilines is 1. The molecular formula is C24H21ClFN5OS. The highest BCUT2D eigenvalue weighted by Crippen LogP contribution is 2.35. The van der Waals surface area contributed by atoms with Gasteiger partial charge in [0.05, 0.1) is 0 Å². The molecule has 0 aliphatic rings. The lowest BCUT2D eigenvalue weighted by Crippen LogP contribution is -2.21. The molecule has 6 nitrogen and oxygen atoms in total. The number of nitrogens with two attached hydrogens (primary N) is 1. The fraction of sp³-hybridized carbons (Fsp3) is 0.125. The predicted octanol–water partition coefficient (Wildman–Crippen LogP) is 5.16. The number of aryl methyl sites for hydroxylation is 1. The number of carbonyl (C=O) groups is 1. The van der Waals surface area contributed by atoms with Crippen molar-refractivity contribution < 1.29 is 9.18 Å². The van der Waals surface area contributed by atoms with Crippen LogP contribution in [0.3, 0.4) is 0 Å². The van der Waals surface area contributed by atoms with Crippen LogP contribution in [0.4, 0.5) is 10.1 Å². The Morgan fingerprint density at radius 2 is 1.85 bits per heavy atom. The number of halogens is 2. The third-order valence-electron chi connectivity index (χ3n) is 5.04. The Balaban J connectivity index is 1.58. The van der Waals surface area contributed by atoms with E-state index >= 15 is 0 Å². The zero-order valence-electron chi connectivity index (χ0n) is 17.7. The van der Waals surface area contributed by atoms with E-state index in [4.69, 9.17) is 17.4 Å². The Labute approximate surface area is 200 Å². The number of amides is 1. The molecule has 0 bridgehead atoms. The fourth-order valence-corrected chi connectivity index (χ4v) is 4.36. The van der Waals surface area contributed by atoms with Gasteiger partial charge in [0.1, 0.15) is 11.1 Å². The van der Waals surface area contributed by atoms with Crippen LogP contribution in [0.15, 0.2) is 78.0 Å². The molecule has 0 aliphatic heterocycles. The van der Waals surface area contributed by atoms with Crippen molar-refractivity contribution in [3.63, 3.8) is 0 Å². The average Bonchev–Trinajstić information content (AvgIpc) is 3.15. The molecule has 0 aliphatic carbocycles. The van der Waals surface area contributed by atoms with Crippen LogP contribution in [-0.2, 0) is 11.2 Å². The minimum atomic E-state index is -0.654. The van der Waals surface area contributed by atoms with E-state index in [1.54, 1.807) is 30.3 Å². The summed E-state index contributed by atoms with van der Waals surface area (Å²) in [5.41, 5.74) is 2.74. The Kier molecular flexibility index (Phi) is 6.96. The first-order valence-electron chi connectivity index (χ1n) is 10.1. The molecule has 3 aromatic carbocycles. The second kappa shape index (κ2) is 10.1. The number of thioether (sulfide) groups is 1. The third-order valence-corrected chi connectivity index (χ3v) is 6.66. The van der Waals surface area contributed by atoms with Crippen molar-refractivity contribution in [2.45, 2.75) is 23.8 Å². The summed E-state index contributed by atoms with van der Waals surface area (Å²) in [7, 11) is 0. The molecule has 0 fully saturated rings. The topological polar surface area (TPSA) is 85.8 Å². The number of benzene rings is 3. The number of nitrogens with one attached hydrogen (secondary N) is 1. The predicted molar refractivity (Wildman–Crippen MR) is 129 cm³/mol. The summed E-state index contributed by atoms with van der Waals surface area (Å²) in [4.78, 5) is 13.2. The monoisotopic (exact) mass is 481 g/mol. The van der Waals surface area contributed by atoms with Crippen LogP contribution in [0.1, 0.15) is 27.8 Å². The van der Waals surface area contributed by atoms with Crippen LogP contribution in [0.25, 0.3) is 0 Å². The summed E-state index contributed by atoms with van der Waals surface area (Å²) < 4.78 is 15.3. The minimum Gasteiger partial charge on any atom is -0.336 e. The fourth-order valence-electron chi connectivity index (χ4n) is 3.20. The van der Waals surface area contributed by atoms with Crippen molar-refractivity contribution in [1.82, 2.24) is 14.9 Å². The molecule has 1 unspecified atom stereocenters. The number of rotatable bonds is 7. The van der Waals surface area contributed by atoms with Gasteiger partial charge < -0.3 is 11.2 Å². The molecule has 1 atom stereocenters. The van der Waals surface area contributed by atoms with Crippen LogP contribution < -0.4 is 11.2 Å². The van der Waals surface area contributed by atoms with E-state index in [1.165, 1.54) is 10.7 Å². The molecule has 1 amide bonds. The second-order valence-electron chi connectivity index (χ2n) is 7.40. The molecule has 4 rings (SSSR count). The van der Waals surface area contributed by atoms with Crippen molar-refractivity contribution in [1.29, 1.82) is 0 Å². The quantitative estimate of drug-likeness (QED) is 0.281. The van der Waals surface area contributed by atoms with Gasteiger partial charge >= 0.3 is 0 Å².